The Morgan fingerprint density at radius 2 is 2.28 bits per heavy atom. The van der Waals surface area contributed by atoms with Crippen LogP contribution < -0.4 is 0 Å². The molecule has 2 rings (SSSR count). The first-order valence-corrected chi connectivity index (χ1v) is 6.98. The van der Waals surface area contributed by atoms with Crippen molar-refractivity contribution in [3.8, 4) is 0 Å². The second kappa shape index (κ2) is 5.25. The van der Waals surface area contributed by atoms with E-state index in [-0.39, 0.29) is 23.6 Å². The van der Waals surface area contributed by atoms with Gasteiger partial charge in [-0.3, -0.25) is 9.59 Å². The Morgan fingerprint density at radius 3 is 2.94 bits per heavy atom. The van der Waals surface area contributed by atoms with E-state index >= 15 is 0 Å². The molecule has 0 spiro atoms. The molecule has 0 aliphatic heterocycles. The zero-order valence-electron chi connectivity index (χ0n) is 11.3. The number of rotatable bonds is 6. The molecule has 0 aromatic rings. The summed E-state index contributed by atoms with van der Waals surface area (Å²) in [6.07, 6.45) is 10.3. The first-order valence-electron chi connectivity index (χ1n) is 6.98. The largest absolute Gasteiger partial charge is 0.468 e. The zero-order chi connectivity index (χ0) is 13.2. The number of carbonyl (C=O) groups is 2. The minimum Gasteiger partial charge on any atom is -0.468 e. The Balaban J connectivity index is 1.96. The van der Waals surface area contributed by atoms with Gasteiger partial charge in [0.1, 0.15) is 5.41 Å². The quantitative estimate of drug-likeness (QED) is 0.315. The first kappa shape index (κ1) is 13.3. The average Bonchev–Trinajstić information content (AvgIpc) is 2.90. The predicted octanol–water partition coefficient (Wildman–Crippen LogP) is 2.89. The van der Waals surface area contributed by atoms with Crippen LogP contribution in [0.2, 0.25) is 0 Å². The van der Waals surface area contributed by atoms with E-state index in [0.29, 0.717) is 6.42 Å². The molecule has 0 N–H and O–H groups in total. The highest BCUT2D eigenvalue weighted by Crippen LogP contribution is 2.67. The molecule has 3 atom stereocenters. The van der Waals surface area contributed by atoms with Crippen LogP contribution in [0.1, 0.15) is 45.4 Å². The van der Waals surface area contributed by atoms with Gasteiger partial charge in [0.05, 0.1) is 7.11 Å². The number of esters is 1. The molecule has 100 valence electrons. The molecular formula is C15H22O3. The molecule has 0 radical (unpaired) electrons. The van der Waals surface area contributed by atoms with E-state index in [9.17, 15) is 9.59 Å². The van der Waals surface area contributed by atoms with Gasteiger partial charge >= 0.3 is 5.97 Å². The summed E-state index contributed by atoms with van der Waals surface area (Å²) in [5.74, 6) is 0.0773. The van der Waals surface area contributed by atoms with E-state index in [4.69, 9.17) is 4.74 Å². The number of hydrogen-bond donors (Lipinski definition) is 0. The molecular weight excluding hydrogens is 228 g/mol. The maximum Gasteiger partial charge on any atom is 0.320 e. The summed E-state index contributed by atoms with van der Waals surface area (Å²) in [6.45, 7) is 2.18. The zero-order valence-corrected chi connectivity index (χ0v) is 11.3. The van der Waals surface area contributed by atoms with Gasteiger partial charge in [0.15, 0.2) is 5.78 Å². The molecule has 0 aromatic carbocycles. The van der Waals surface area contributed by atoms with Gasteiger partial charge in [0.25, 0.3) is 0 Å². The Bertz CT molecular complexity index is 372. The van der Waals surface area contributed by atoms with Crippen molar-refractivity contribution in [3.05, 3.63) is 12.2 Å². The minimum atomic E-state index is -0.796. The van der Waals surface area contributed by atoms with E-state index in [1.54, 1.807) is 0 Å². The van der Waals surface area contributed by atoms with Crippen molar-refractivity contribution >= 4 is 11.8 Å². The number of methoxy groups -OCH3 is 1. The normalized spacial score (nSPS) is 33.8. The highest BCUT2D eigenvalue weighted by atomic mass is 16.5. The summed E-state index contributed by atoms with van der Waals surface area (Å²) >= 11 is 0. The van der Waals surface area contributed by atoms with Crippen LogP contribution in [0.15, 0.2) is 12.2 Å². The molecule has 0 aromatic heterocycles. The molecule has 3 heteroatoms. The fraction of sp³-hybridized carbons (Fsp3) is 0.733. The lowest BCUT2D eigenvalue weighted by atomic mass is 9.98. The third kappa shape index (κ3) is 1.90. The lowest BCUT2D eigenvalue weighted by Crippen LogP contribution is -2.27. The van der Waals surface area contributed by atoms with Crippen molar-refractivity contribution in [3.63, 3.8) is 0 Å². The topological polar surface area (TPSA) is 43.4 Å². The molecule has 2 aliphatic carbocycles. The highest BCUT2D eigenvalue weighted by molar-refractivity contribution is 6.10. The van der Waals surface area contributed by atoms with Crippen molar-refractivity contribution in [2.75, 3.05) is 7.11 Å². The van der Waals surface area contributed by atoms with Crippen molar-refractivity contribution in [1.29, 1.82) is 0 Å². The number of ether oxygens (including phenoxy) is 1. The molecule has 0 heterocycles. The summed E-state index contributed by atoms with van der Waals surface area (Å²) in [6, 6.07) is 0. The van der Waals surface area contributed by atoms with Crippen LogP contribution >= 0.6 is 0 Å². The number of carbonyl (C=O) groups excluding carboxylic acids is 2. The van der Waals surface area contributed by atoms with E-state index < -0.39 is 5.41 Å². The molecule has 3 nitrogen and oxygen atoms in total. The summed E-state index contributed by atoms with van der Waals surface area (Å²) in [4.78, 5) is 23.8. The second-order valence-electron chi connectivity index (χ2n) is 5.38. The van der Waals surface area contributed by atoms with Gasteiger partial charge < -0.3 is 4.74 Å². The number of ketones is 1. The fourth-order valence-electron chi connectivity index (χ4n) is 3.39. The third-order valence-corrected chi connectivity index (χ3v) is 4.42. The maximum absolute atomic E-state index is 11.9. The average molecular weight is 250 g/mol. The van der Waals surface area contributed by atoms with Crippen LogP contribution in [-0.2, 0) is 14.3 Å². The number of Topliss-reactive ketones (excluding diaryl/α,β-unsaturated/α-hetero) is 1. The summed E-state index contributed by atoms with van der Waals surface area (Å²) in [5.41, 5.74) is -0.796. The van der Waals surface area contributed by atoms with Crippen molar-refractivity contribution in [1.82, 2.24) is 0 Å². The predicted molar refractivity (Wildman–Crippen MR) is 69.0 cm³/mol. The molecule has 2 fully saturated rings. The monoisotopic (exact) mass is 250 g/mol. The Hall–Kier alpha value is -1.12. The number of fused-ring (bicyclic) bond motifs is 1. The van der Waals surface area contributed by atoms with Gasteiger partial charge in [-0.25, -0.2) is 0 Å². The number of hydrogen-bond acceptors (Lipinski definition) is 3. The molecule has 3 unspecified atom stereocenters. The smallest absolute Gasteiger partial charge is 0.320 e. The lowest BCUT2D eigenvalue weighted by Gasteiger charge is -2.09. The molecule has 0 bridgehead atoms. The van der Waals surface area contributed by atoms with Crippen LogP contribution in [0.3, 0.4) is 0 Å². The van der Waals surface area contributed by atoms with Crippen LogP contribution in [0.4, 0.5) is 0 Å². The molecule has 0 amide bonds. The number of unbranched alkanes of at least 4 members (excludes halogenated alkanes) is 3. The van der Waals surface area contributed by atoms with Crippen molar-refractivity contribution in [2.24, 2.45) is 17.3 Å². The van der Waals surface area contributed by atoms with Crippen molar-refractivity contribution in [2.45, 2.75) is 45.4 Å². The lowest BCUT2D eigenvalue weighted by molar-refractivity contribution is -0.151. The van der Waals surface area contributed by atoms with Crippen LogP contribution in [0.25, 0.3) is 0 Å². The van der Waals surface area contributed by atoms with E-state index in [0.717, 1.165) is 12.8 Å². The van der Waals surface area contributed by atoms with E-state index in [1.165, 1.54) is 26.4 Å². The molecule has 2 aliphatic rings. The SMILES string of the molecule is CCCCC/C=C/C1C2CCC(=O)C12C(=O)OC. The summed E-state index contributed by atoms with van der Waals surface area (Å²) in [5, 5.41) is 0. The fourth-order valence-corrected chi connectivity index (χ4v) is 3.39. The van der Waals surface area contributed by atoms with Crippen LogP contribution in [-0.4, -0.2) is 18.9 Å². The molecule has 0 saturated heterocycles. The van der Waals surface area contributed by atoms with Crippen molar-refractivity contribution < 1.29 is 14.3 Å². The van der Waals surface area contributed by atoms with Gasteiger partial charge in [0, 0.05) is 12.3 Å². The maximum atomic E-state index is 11.9. The van der Waals surface area contributed by atoms with Crippen LogP contribution in [0, 0.1) is 17.3 Å². The van der Waals surface area contributed by atoms with Gasteiger partial charge in [-0.2, -0.15) is 0 Å². The van der Waals surface area contributed by atoms with Gasteiger partial charge in [-0.05, 0) is 25.2 Å². The highest BCUT2D eigenvalue weighted by Gasteiger charge is 2.76. The first-order chi connectivity index (χ1) is 8.69. The van der Waals surface area contributed by atoms with Crippen LogP contribution in [0.5, 0.6) is 0 Å². The second-order valence-corrected chi connectivity index (χ2v) is 5.38. The Kier molecular flexibility index (Phi) is 3.88. The summed E-state index contributed by atoms with van der Waals surface area (Å²) < 4.78 is 4.83. The molecule has 18 heavy (non-hydrogen) atoms. The van der Waals surface area contributed by atoms with Gasteiger partial charge in [-0.15, -0.1) is 0 Å². The van der Waals surface area contributed by atoms with E-state index in [2.05, 4.69) is 19.1 Å². The standard InChI is InChI=1S/C15H22O3/c1-3-4-5-6-7-8-11-12-9-10-13(16)15(11,12)14(17)18-2/h7-8,11-12H,3-6,9-10H2,1-2H3/b8-7+. The third-order valence-electron chi connectivity index (χ3n) is 4.42. The summed E-state index contributed by atoms with van der Waals surface area (Å²) in [7, 11) is 1.38. The molecule has 2 saturated carbocycles. The van der Waals surface area contributed by atoms with Gasteiger partial charge in [-0.1, -0.05) is 31.9 Å². The minimum absolute atomic E-state index is 0.0857. The Morgan fingerprint density at radius 1 is 1.50 bits per heavy atom. The number of allylic oxidation sites excluding steroid dienone is 2. The van der Waals surface area contributed by atoms with E-state index in [1.807, 2.05) is 0 Å². The van der Waals surface area contributed by atoms with Gasteiger partial charge in [0.2, 0.25) is 0 Å². The Labute approximate surface area is 109 Å².